The standard InChI is InChI=1S/C26H30N4O2/c31-26(19-29-13-15-30(16-14-29)25-11-4-5-12-27-25)28-18-23-9-6-10-24(17-23)21-32-20-22-7-2-1-3-8-22/h1-12,17H,13-16,18-21H2,(H,28,31). The third-order valence-electron chi connectivity index (χ3n) is 5.57. The normalized spacial score (nSPS) is 14.3. The molecule has 32 heavy (non-hydrogen) atoms. The number of anilines is 1. The van der Waals surface area contributed by atoms with Crippen molar-refractivity contribution >= 4 is 11.7 Å². The van der Waals surface area contributed by atoms with Crippen molar-refractivity contribution in [1.29, 1.82) is 0 Å². The largest absolute Gasteiger partial charge is 0.372 e. The Hall–Kier alpha value is -3.22. The molecule has 1 saturated heterocycles. The zero-order valence-electron chi connectivity index (χ0n) is 18.3. The molecular weight excluding hydrogens is 400 g/mol. The zero-order chi connectivity index (χ0) is 22.0. The molecule has 0 saturated carbocycles. The molecule has 1 fully saturated rings. The van der Waals surface area contributed by atoms with Gasteiger partial charge in [0.15, 0.2) is 0 Å². The predicted molar refractivity (Wildman–Crippen MR) is 126 cm³/mol. The van der Waals surface area contributed by atoms with Crippen molar-refractivity contribution in [2.75, 3.05) is 37.6 Å². The maximum atomic E-state index is 12.4. The van der Waals surface area contributed by atoms with Gasteiger partial charge in [0.1, 0.15) is 5.82 Å². The number of pyridine rings is 1. The van der Waals surface area contributed by atoms with E-state index in [0.717, 1.165) is 48.7 Å². The second kappa shape index (κ2) is 11.4. The third-order valence-corrected chi connectivity index (χ3v) is 5.57. The molecule has 1 aromatic heterocycles. The molecule has 0 bridgehead atoms. The average molecular weight is 431 g/mol. The summed E-state index contributed by atoms with van der Waals surface area (Å²) in [5.74, 6) is 1.06. The lowest BCUT2D eigenvalue weighted by molar-refractivity contribution is -0.122. The highest BCUT2D eigenvalue weighted by atomic mass is 16.5. The summed E-state index contributed by atoms with van der Waals surface area (Å²) in [5.41, 5.74) is 3.36. The number of benzene rings is 2. The van der Waals surface area contributed by atoms with E-state index in [1.807, 2.05) is 54.7 Å². The van der Waals surface area contributed by atoms with Crippen LogP contribution in [0.15, 0.2) is 79.0 Å². The fourth-order valence-electron chi connectivity index (χ4n) is 3.83. The Morgan fingerprint density at radius 3 is 2.34 bits per heavy atom. The fraction of sp³-hybridized carbons (Fsp3) is 0.308. The summed E-state index contributed by atoms with van der Waals surface area (Å²) in [6.07, 6.45) is 1.82. The minimum absolute atomic E-state index is 0.0574. The van der Waals surface area contributed by atoms with E-state index in [1.54, 1.807) is 0 Å². The summed E-state index contributed by atoms with van der Waals surface area (Å²) in [6.45, 7) is 5.59. The Labute approximate surface area is 189 Å². The molecule has 0 unspecified atom stereocenters. The topological polar surface area (TPSA) is 57.7 Å². The number of ether oxygens (including phenoxy) is 1. The second-order valence-corrected chi connectivity index (χ2v) is 8.03. The number of hydrogen-bond donors (Lipinski definition) is 1. The third kappa shape index (κ3) is 6.64. The number of amides is 1. The number of carbonyl (C=O) groups excluding carboxylic acids is 1. The van der Waals surface area contributed by atoms with Crippen molar-refractivity contribution in [1.82, 2.24) is 15.2 Å². The van der Waals surface area contributed by atoms with Gasteiger partial charge in [0.05, 0.1) is 19.8 Å². The Morgan fingerprint density at radius 2 is 1.56 bits per heavy atom. The van der Waals surface area contributed by atoms with Gasteiger partial charge in [-0.05, 0) is 28.8 Å². The summed E-state index contributed by atoms with van der Waals surface area (Å²) >= 11 is 0. The van der Waals surface area contributed by atoms with Gasteiger partial charge in [0, 0.05) is 38.9 Å². The lowest BCUT2D eigenvalue weighted by atomic mass is 10.1. The molecule has 0 spiro atoms. The fourth-order valence-corrected chi connectivity index (χ4v) is 3.83. The lowest BCUT2D eigenvalue weighted by Gasteiger charge is -2.34. The lowest BCUT2D eigenvalue weighted by Crippen LogP contribution is -2.49. The van der Waals surface area contributed by atoms with Gasteiger partial charge in [-0.3, -0.25) is 9.69 Å². The molecule has 2 heterocycles. The maximum absolute atomic E-state index is 12.4. The summed E-state index contributed by atoms with van der Waals surface area (Å²) in [6, 6.07) is 24.3. The molecule has 1 aliphatic heterocycles. The van der Waals surface area contributed by atoms with Crippen molar-refractivity contribution < 1.29 is 9.53 Å². The van der Waals surface area contributed by atoms with Gasteiger partial charge in [0.2, 0.25) is 5.91 Å². The Morgan fingerprint density at radius 1 is 0.844 bits per heavy atom. The van der Waals surface area contributed by atoms with Crippen molar-refractivity contribution in [3.05, 3.63) is 95.7 Å². The monoisotopic (exact) mass is 430 g/mol. The van der Waals surface area contributed by atoms with Gasteiger partial charge in [-0.1, -0.05) is 60.7 Å². The number of rotatable bonds is 9. The SMILES string of the molecule is O=C(CN1CCN(c2ccccn2)CC1)NCc1cccc(COCc2ccccc2)c1. The highest BCUT2D eigenvalue weighted by Crippen LogP contribution is 2.12. The van der Waals surface area contributed by atoms with Crippen LogP contribution < -0.4 is 10.2 Å². The van der Waals surface area contributed by atoms with Crippen LogP contribution in [-0.4, -0.2) is 48.5 Å². The number of hydrogen-bond acceptors (Lipinski definition) is 5. The van der Waals surface area contributed by atoms with Crippen molar-refractivity contribution in [2.45, 2.75) is 19.8 Å². The van der Waals surface area contributed by atoms with E-state index < -0.39 is 0 Å². The molecule has 6 nitrogen and oxygen atoms in total. The van der Waals surface area contributed by atoms with Crippen LogP contribution in [-0.2, 0) is 29.3 Å². The molecule has 3 aromatic rings. The van der Waals surface area contributed by atoms with E-state index >= 15 is 0 Å². The van der Waals surface area contributed by atoms with Crippen LogP contribution in [0.5, 0.6) is 0 Å². The van der Waals surface area contributed by atoms with Crippen LogP contribution in [0.2, 0.25) is 0 Å². The van der Waals surface area contributed by atoms with Gasteiger partial charge < -0.3 is 15.0 Å². The zero-order valence-corrected chi connectivity index (χ0v) is 18.3. The molecule has 1 N–H and O–H groups in total. The first kappa shape index (κ1) is 22.0. The van der Waals surface area contributed by atoms with Gasteiger partial charge in [0.25, 0.3) is 0 Å². The van der Waals surface area contributed by atoms with Crippen LogP contribution in [0.1, 0.15) is 16.7 Å². The highest BCUT2D eigenvalue weighted by Gasteiger charge is 2.19. The number of nitrogens with one attached hydrogen (secondary N) is 1. The minimum Gasteiger partial charge on any atom is -0.372 e. The molecule has 4 rings (SSSR count). The van der Waals surface area contributed by atoms with Gasteiger partial charge in [-0.25, -0.2) is 4.98 Å². The molecular formula is C26H30N4O2. The minimum atomic E-state index is 0.0574. The molecule has 0 aliphatic carbocycles. The van der Waals surface area contributed by atoms with Crippen LogP contribution in [0.4, 0.5) is 5.82 Å². The molecule has 166 valence electrons. The van der Waals surface area contributed by atoms with Crippen LogP contribution in [0, 0.1) is 0 Å². The molecule has 2 aromatic carbocycles. The molecule has 6 heteroatoms. The first-order valence-electron chi connectivity index (χ1n) is 11.1. The van der Waals surface area contributed by atoms with E-state index in [-0.39, 0.29) is 5.91 Å². The maximum Gasteiger partial charge on any atom is 0.234 e. The van der Waals surface area contributed by atoms with E-state index in [2.05, 4.69) is 44.4 Å². The van der Waals surface area contributed by atoms with Crippen LogP contribution in [0.25, 0.3) is 0 Å². The van der Waals surface area contributed by atoms with E-state index in [4.69, 9.17) is 4.74 Å². The van der Waals surface area contributed by atoms with Gasteiger partial charge in [-0.15, -0.1) is 0 Å². The van der Waals surface area contributed by atoms with E-state index in [9.17, 15) is 4.79 Å². The number of nitrogens with zero attached hydrogens (tertiary/aromatic N) is 3. The van der Waals surface area contributed by atoms with Gasteiger partial charge >= 0.3 is 0 Å². The highest BCUT2D eigenvalue weighted by molar-refractivity contribution is 5.78. The average Bonchev–Trinajstić information content (AvgIpc) is 2.85. The van der Waals surface area contributed by atoms with Crippen molar-refractivity contribution in [2.24, 2.45) is 0 Å². The molecule has 1 aliphatic rings. The van der Waals surface area contributed by atoms with E-state index in [1.165, 1.54) is 0 Å². The van der Waals surface area contributed by atoms with Crippen LogP contribution >= 0.6 is 0 Å². The molecule has 0 atom stereocenters. The number of carbonyl (C=O) groups is 1. The first-order chi connectivity index (χ1) is 15.8. The van der Waals surface area contributed by atoms with Gasteiger partial charge in [-0.2, -0.15) is 0 Å². The Bertz CT molecular complexity index is 973. The van der Waals surface area contributed by atoms with Crippen molar-refractivity contribution in [3.8, 4) is 0 Å². The first-order valence-corrected chi connectivity index (χ1v) is 11.1. The smallest absolute Gasteiger partial charge is 0.234 e. The summed E-state index contributed by atoms with van der Waals surface area (Å²) in [7, 11) is 0. The van der Waals surface area contributed by atoms with E-state index in [0.29, 0.717) is 26.3 Å². The summed E-state index contributed by atoms with van der Waals surface area (Å²) in [5, 5.41) is 3.05. The number of piperazine rings is 1. The van der Waals surface area contributed by atoms with Crippen molar-refractivity contribution in [3.63, 3.8) is 0 Å². The summed E-state index contributed by atoms with van der Waals surface area (Å²) < 4.78 is 5.83. The summed E-state index contributed by atoms with van der Waals surface area (Å²) in [4.78, 5) is 21.3. The number of aromatic nitrogens is 1. The molecule has 0 radical (unpaired) electrons. The predicted octanol–water partition coefficient (Wildman–Crippen LogP) is 3.24. The molecule has 1 amide bonds. The Kier molecular flexibility index (Phi) is 7.84. The Balaban J connectivity index is 1.17. The van der Waals surface area contributed by atoms with Crippen LogP contribution in [0.3, 0.4) is 0 Å². The quantitative estimate of drug-likeness (QED) is 0.565. The second-order valence-electron chi connectivity index (χ2n) is 8.03.